The van der Waals surface area contributed by atoms with Gasteiger partial charge in [0.25, 0.3) is 5.91 Å². The van der Waals surface area contributed by atoms with E-state index in [1.54, 1.807) is 18.2 Å². The SMILES string of the molecule is C=C(CC)NSc1ccc(NC(=O)C(Cc2ccccc2)NC(=O)c2ccc(F)cc2)cc1C#N. The van der Waals surface area contributed by atoms with Crippen molar-refractivity contribution in [3.63, 3.8) is 0 Å². The Morgan fingerprint density at radius 1 is 1.09 bits per heavy atom. The lowest BCUT2D eigenvalue weighted by Gasteiger charge is -2.19. The number of amides is 2. The van der Waals surface area contributed by atoms with Gasteiger partial charge in [-0.3, -0.25) is 9.59 Å². The van der Waals surface area contributed by atoms with Gasteiger partial charge in [0.15, 0.2) is 0 Å². The number of nitrogens with one attached hydrogen (secondary N) is 3. The molecule has 8 heteroatoms. The molecule has 1 atom stereocenters. The van der Waals surface area contributed by atoms with Gasteiger partial charge in [-0.25, -0.2) is 4.39 Å². The van der Waals surface area contributed by atoms with Crippen LogP contribution in [-0.2, 0) is 11.2 Å². The Balaban J connectivity index is 1.77. The van der Waals surface area contributed by atoms with Crippen molar-refractivity contribution in [2.45, 2.75) is 30.7 Å². The number of carbonyl (C=O) groups excluding carboxylic acids is 2. The molecule has 0 saturated heterocycles. The fourth-order valence-electron chi connectivity index (χ4n) is 3.11. The van der Waals surface area contributed by atoms with Crippen LogP contribution >= 0.6 is 11.9 Å². The minimum atomic E-state index is -0.899. The molecule has 0 aromatic heterocycles. The largest absolute Gasteiger partial charge is 0.340 e. The molecule has 3 aromatic carbocycles. The van der Waals surface area contributed by atoms with Crippen LogP contribution < -0.4 is 15.4 Å². The zero-order chi connectivity index (χ0) is 25.2. The molecule has 0 heterocycles. The molecule has 35 heavy (non-hydrogen) atoms. The Labute approximate surface area is 208 Å². The molecule has 1 unspecified atom stereocenters. The van der Waals surface area contributed by atoms with Crippen molar-refractivity contribution in [3.05, 3.63) is 108 Å². The summed E-state index contributed by atoms with van der Waals surface area (Å²) < 4.78 is 16.3. The summed E-state index contributed by atoms with van der Waals surface area (Å²) in [7, 11) is 0. The first kappa shape index (κ1) is 25.5. The van der Waals surface area contributed by atoms with Gasteiger partial charge in [-0.05, 0) is 66.4 Å². The highest BCUT2D eigenvalue weighted by Gasteiger charge is 2.22. The molecule has 0 bridgehead atoms. The molecular formula is C27H25FN4O2S. The zero-order valence-electron chi connectivity index (χ0n) is 19.2. The van der Waals surface area contributed by atoms with Crippen LogP contribution in [0.25, 0.3) is 0 Å². The van der Waals surface area contributed by atoms with Crippen LogP contribution in [0.15, 0.2) is 90.0 Å². The van der Waals surface area contributed by atoms with Crippen molar-refractivity contribution in [1.82, 2.24) is 10.0 Å². The second kappa shape index (κ2) is 12.4. The van der Waals surface area contributed by atoms with E-state index in [-0.39, 0.29) is 12.0 Å². The predicted octanol–water partition coefficient (Wildman–Crippen LogP) is 5.20. The first-order chi connectivity index (χ1) is 16.9. The Hall–Kier alpha value is -4.09. The van der Waals surface area contributed by atoms with Crippen molar-refractivity contribution in [3.8, 4) is 6.07 Å². The van der Waals surface area contributed by atoms with Crippen LogP contribution in [-0.4, -0.2) is 17.9 Å². The fraction of sp³-hybridized carbons (Fsp3) is 0.148. The number of hydrogen-bond acceptors (Lipinski definition) is 5. The number of carbonyl (C=O) groups is 2. The third-order valence-corrected chi connectivity index (χ3v) is 6.08. The third kappa shape index (κ3) is 7.45. The van der Waals surface area contributed by atoms with Gasteiger partial charge >= 0.3 is 0 Å². The minimum absolute atomic E-state index is 0.242. The highest BCUT2D eigenvalue weighted by Crippen LogP contribution is 2.24. The summed E-state index contributed by atoms with van der Waals surface area (Å²) in [4.78, 5) is 26.6. The van der Waals surface area contributed by atoms with Gasteiger partial charge in [0.2, 0.25) is 5.91 Å². The topological polar surface area (TPSA) is 94.0 Å². The van der Waals surface area contributed by atoms with Crippen LogP contribution in [0.5, 0.6) is 0 Å². The molecule has 178 valence electrons. The second-order valence-corrected chi connectivity index (χ2v) is 8.54. The smallest absolute Gasteiger partial charge is 0.251 e. The lowest BCUT2D eigenvalue weighted by Crippen LogP contribution is -2.45. The highest BCUT2D eigenvalue weighted by atomic mass is 32.2. The second-order valence-electron chi connectivity index (χ2n) is 7.70. The van der Waals surface area contributed by atoms with E-state index in [9.17, 15) is 19.2 Å². The number of nitrogens with zero attached hydrogens (tertiary/aromatic N) is 1. The summed E-state index contributed by atoms with van der Waals surface area (Å²) in [5.74, 6) is -1.39. The van der Waals surface area contributed by atoms with Crippen molar-refractivity contribution in [2.75, 3.05) is 5.32 Å². The van der Waals surface area contributed by atoms with E-state index in [0.717, 1.165) is 17.7 Å². The fourth-order valence-corrected chi connectivity index (χ4v) is 3.86. The van der Waals surface area contributed by atoms with E-state index in [2.05, 4.69) is 28.0 Å². The first-order valence-electron chi connectivity index (χ1n) is 11.0. The van der Waals surface area contributed by atoms with Gasteiger partial charge in [0.05, 0.1) is 5.56 Å². The van der Waals surface area contributed by atoms with Crippen molar-refractivity contribution in [1.29, 1.82) is 5.26 Å². The van der Waals surface area contributed by atoms with E-state index < -0.39 is 23.7 Å². The first-order valence-corrected chi connectivity index (χ1v) is 11.8. The van der Waals surface area contributed by atoms with E-state index in [4.69, 9.17) is 0 Å². The maximum Gasteiger partial charge on any atom is 0.251 e. The number of nitriles is 1. The number of allylic oxidation sites excluding steroid dienone is 1. The molecule has 3 N–H and O–H groups in total. The van der Waals surface area contributed by atoms with Gasteiger partial charge in [0, 0.05) is 28.3 Å². The van der Waals surface area contributed by atoms with Crippen LogP contribution in [0.1, 0.15) is 34.8 Å². The van der Waals surface area contributed by atoms with Crippen molar-refractivity contribution >= 4 is 29.4 Å². The zero-order valence-corrected chi connectivity index (χ0v) is 20.0. The standard InChI is InChI=1S/C27H25FN4O2S/c1-3-18(2)32-35-25-14-13-23(16-21(25)17-29)30-27(34)24(15-19-7-5-4-6-8-19)31-26(33)20-9-11-22(28)12-10-20/h4-14,16,24,32H,2-3,15H2,1H3,(H,30,34)(H,31,33). The maximum absolute atomic E-state index is 13.2. The predicted molar refractivity (Wildman–Crippen MR) is 136 cm³/mol. The van der Waals surface area contributed by atoms with Gasteiger partial charge in [0.1, 0.15) is 17.9 Å². The third-order valence-electron chi connectivity index (χ3n) is 5.11. The van der Waals surface area contributed by atoms with Gasteiger partial charge in [-0.2, -0.15) is 5.26 Å². The van der Waals surface area contributed by atoms with Crippen LogP contribution in [0, 0.1) is 17.1 Å². The summed E-state index contributed by atoms with van der Waals surface area (Å²) in [6, 6.07) is 20.6. The minimum Gasteiger partial charge on any atom is -0.340 e. The summed E-state index contributed by atoms with van der Waals surface area (Å²) in [5, 5.41) is 15.1. The summed E-state index contributed by atoms with van der Waals surface area (Å²) in [5.41, 5.74) is 2.75. The Morgan fingerprint density at radius 2 is 1.80 bits per heavy atom. The molecule has 0 aliphatic heterocycles. The molecule has 0 aliphatic carbocycles. The van der Waals surface area contributed by atoms with Crippen molar-refractivity contribution in [2.24, 2.45) is 0 Å². The quantitative estimate of drug-likeness (QED) is 0.341. The number of benzene rings is 3. The maximum atomic E-state index is 13.2. The number of halogens is 1. The van der Waals surface area contributed by atoms with Crippen molar-refractivity contribution < 1.29 is 14.0 Å². The number of rotatable bonds is 10. The van der Waals surface area contributed by atoms with Gasteiger partial charge < -0.3 is 15.4 Å². The van der Waals surface area contributed by atoms with Crippen LogP contribution in [0.2, 0.25) is 0 Å². The highest BCUT2D eigenvalue weighted by molar-refractivity contribution is 7.97. The Kier molecular flexibility index (Phi) is 9.04. The van der Waals surface area contributed by atoms with E-state index in [1.165, 1.54) is 36.2 Å². The summed E-state index contributed by atoms with van der Waals surface area (Å²) >= 11 is 1.28. The molecule has 0 radical (unpaired) electrons. The normalized spacial score (nSPS) is 11.1. The molecular weight excluding hydrogens is 463 g/mol. The molecule has 0 saturated carbocycles. The summed E-state index contributed by atoms with van der Waals surface area (Å²) in [6.45, 7) is 5.85. The van der Waals surface area contributed by atoms with E-state index >= 15 is 0 Å². The molecule has 3 aromatic rings. The number of hydrogen-bond donors (Lipinski definition) is 3. The van der Waals surface area contributed by atoms with Crippen LogP contribution in [0.3, 0.4) is 0 Å². The lowest BCUT2D eigenvalue weighted by atomic mass is 10.0. The van der Waals surface area contributed by atoms with Gasteiger partial charge in [-0.1, -0.05) is 43.8 Å². The number of anilines is 1. The average molecular weight is 489 g/mol. The van der Waals surface area contributed by atoms with E-state index in [0.29, 0.717) is 16.1 Å². The van der Waals surface area contributed by atoms with Gasteiger partial charge in [-0.15, -0.1) is 0 Å². The Bertz CT molecular complexity index is 1240. The lowest BCUT2D eigenvalue weighted by molar-refractivity contribution is -0.118. The van der Waals surface area contributed by atoms with Crippen LogP contribution in [0.4, 0.5) is 10.1 Å². The summed E-state index contributed by atoms with van der Waals surface area (Å²) in [6.07, 6.45) is 1.01. The molecule has 0 fully saturated rings. The monoisotopic (exact) mass is 488 g/mol. The average Bonchev–Trinajstić information content (AvgIpc) is 2.88. The Morgan fingerprint density at radius 3 is 2.46 bits per heavy atom. The van der Waals surface area contributed by atoms with E-state index in [1.807, 2.05) is 37.3 Å². The molecule has 6 nitrogen and oxygen atoms in total. The molecule has 0 spiro atoms. The molecule has 2 amide bonds. The molecule has 0 aliphatic rings. The molecule has 3 rings (SSSR count).